The molecule has 1 unspecified atom stereocenters. The molecule has 2 aliphatic heterocycles. The molecule has 5 heteroatoms. The molecule has 2 aliphatic rings. The van der Waals surface area contributed by atoms with Gasteiger partial charge in [-0.25, -0.2) is 5.43 Å². The highest BCUT2D eigenvalue weighted by Gasteiger charge is 2.31. The quantitative estimate of drug-likeness (QED) is 0.609. The molecule has 1 saturated heterocycles. The summed E-state index contributed by atoms with van der Waals surface area (Å²) in [6, 6.07) is -0.259. The Labute approximate surface area is 82.4 Å². The van der Waals surface area contributed by atoms with Crippen molar-refractivity contribution in [3.8, 4) is 0 Å². The Morgan fingerprint density at radius 1 is 1.79 bits per heavy atom. The van der Waals surface area contributed by atoms with E-state index in [0.29, 0.717) is 13.0 Å². The Hall–Kier alpha value is -1.49. The molecule has 76 valence electrons. The summed E-state index contributed by atoms with van der Waals surface area (Å²) in [7, 11) is 0. The maximum absolute atomic E-state index is 11.4. The second kappa shape index (κ2) is 3.71. The van der Waals surface area contributed by atoms with Gasteiger partial charge in [-0.15, -0.1) is 0 Å². The van der Waals surface area contributed by atoms with Crippen molar-refractivity contribution in [3.05, 3.63) is 24.3 Å². The molecule has 0 aromatic heterocycles. The Balaban J connectivity index is 1.99. The molecule has 14 heavy (non-hydrogen) atoms. The number of fused-ring (bicyclic) bond motifs is 1. The third kappa shape index (κ3) is 1.58. The van der Waals surface area contributed by atoms with E-state index in [0.717, 1.165) is 5.70 Å². The monoisotopic (exact) mass is 195 g/mol. The standard InChI is InChI=1S/C9H13N3O2/c1-2-14-9(13)8-5-7-6-10-3-4-12(7)11-8/h3-4,6,8,10-11H,2,5H2,1H3. The number of hydrogen-bond donors (Lipinski definition) is 2. The van der Waals surface area contributed by atoms with Crippen LogP contribution in [0.4, 0.5) is 0 Å². The van der Waals surface area contributed by atoms with Crippen molar-refractivity contribution in [2.75, 3.05) is 6.61 Å². The van der Waals surface area contributed by atoms with E-state index in [1.54, 1.807) is 13.1 Å². The number of hydrogen-bond acceptors (Lipinski definition) is 5. The summed E-state index contributed by atoms with van der Waals surface area (Å²) in [5, 5.41) is 4.80. The van der Waals surface area contributed by atoms with E-state index < -0.39 is 0 Å². The van der Waals surface area contributed by atoms with Crippen molar-refractivity contribution < 1.29 is 9.53 Å². The van der Waals surface area contributed by atoms with E-state index in [1.807, 2.05) is 17.4 Å². The molecule has 0 spiro atoms. The molecule has 0 aliphatic carbocycles. The normalized spacial score (nSPS) is 23.9. The first kappa shape index (κ1) is 9.08. The summed E-state index contributed by atoms with van der Waals surface area (Å²) >= 11 is 0. The van der Waals surface area contributed by atoms with E-state index in [4.69, 9.17) is 4.74 Å². The van der Waals surface area contributed by atoms with Crippen molar-refractivity contribution in [1.29, 1.82) is 0 Å². The van der Waals surface area contributed by atoms with Crippen LogP contribution in [0.2, 0.25) is 0 Å². The maximum atomic E-state index is 11.4. The van der Waals surface area contributed by atoms with Crippen molar-refractivity contribution in [2.45, 2.75) is 19.4 Å². The number of carbonyl (C=O) groups excluding carboxylic acids is 1. The van der Waals surface area contributed by atoms with Gasteiger partial charge < -0.3 is 10.1 Å². The van der Waals surface area contributed by atoms with E-state index in [2.05, 4.69) is 10.7 Å². The summed E-state index contributed by atoms with van der Waals surface area (Å²) in [6.07, 6.45) is 6.17. The van der Waals surface area contributed by atoms with Crippen LogP contribution in [0.15, 0.2) is 24.3 Å². The average Bonchev–Trinajstić information content (AvgIpc) is 2.61. The highest BCUT2D eigenvalue weighted by Crippen LogP contribution is 2.20. The Morgan fingerprint density at radius 3 is 3.36 bits per heavy atom. The Bertz CT molecular complexity index is 298. The third-order valence-electron chi connectivity index (χ3n) is 2.16. The fraction of sp³-hybridized carbons (Fsp3) is 0.444. The lowest BCUT2D eigenvalue weighted by Crippen LogP contribution is -2.38. The lowest BCUT2D eigenvalue weighted by Gasteiger charge is -2.18. The lowest BCUT2D eigenvalue weighted by atomic mass is 10.2. The molecular weight excluding hydrogens is 182 g/mol. The van der Waals surface area contributed by atoms with Crippen molar-refractivity contribution in [2.24, 2.45) is 0 Å². The van der Waals surface area contributed by atoms with Crippen LogP contribution in [-0.2, 0) is 9.53 Å². The second-order valence-electron chi connectivity index (χ2n) is 3.13. The fourth-order valence-corrected chi connectivity index (χ4v) is 1.51. The number of rotatable bonds is 2. The highest BCUT2D eigenvalue weighted by molar-refractivity contribution is 5.76. The smallest absolute Gasteiger partial charge is 0.325 e. The number of carbonyl (C=O) groups is 1. The molecular formula is C9H13N3O2. The minimum atomic E-state index is -0.259. The molecule has 0 amide bonds. The summed E-state index contributed by atoms with van der Waals surface area (Å²) in [6.45, 7) is 2.23. The topological polar surface area (TPSA) is 53.6 Å². The SMILES string of the molecule is CCOC(=O)C1CC2=CNC=CN2N1. The molecule has 0 saturated carbocycles. The van der Waals surface area contributed by atoms with Gasteiger partial charge in [0.1, 0.15) is 6.04 Å². The largest absolute Gasteiger partial charge is 0.465 e. The maximum Gasteiger partial charge on any atom is 0.325 e. The van der Waals surface area contributed by atoms with Gasteiger partial charge in [-0.1, -0.05) is 0 Å². The molecule has 1 atom stereocenters. The van der Waals surface area contributed by atoms with E-state index >= 15 is 0 Å². The van der Waals surface area contributed by atoms with Crippen molar-refractivity contribution in [1.82, 2.24) is 15.8 Å². The summed E-state index contributed by atoms with van der Waals surface area (Å²) < 4.78 is 4.93. The zero-order chi connectivity index (χ0) is 9.97. The van der Waals surface area contributed by atoms with Gasteiger partial charge in [0, 0.05) is 25.0 Å². The first-order valence-corrected chi connectivity index (χ1v) is 4.65. The lowest BCUT2D eigenvalue weighted by molar-refractivity contribution is -0.145. The number of esters is 1. The highest BCUT2D eigenvalue weighted by atomic mass is 16.5. The predicted octanol–water partition coefficient (Wildman–Crippen LogP) is 0.0442. The molecule has 0 bridgehead atoms. The molecule has 0 aromatic rings. The van der Waals surface area contributed by atoms with Gasteiger partial charge >= 0.3 is 5.97 Å². The van der Waals surface area contributed by atoms with Gasteiger partial charge in [0.25, 0.3) is 0 Å². The average molecular weight is 195 g/mol. The predicted molar refractivity (Wildman–Crippen MR) is 50.4 cm³/mol. The Morgan fingerprint density at radius 2 is 2.64 bits per heavy atom. The van der Waals surface area contributed by atoms with Gasteiger partial charge in [-0.05, 0) is 6.92 Å². The molecule has 2 N–H and O–H groups in total. The van der Waals surface area contributed by atoms with Crippen LogP contribution in [0.1, 0.15) is 13.3 Å². The molecule has 5 nitrogen and oxygen atoms in total. The molecule has 1 fully saturated rings. The minimum Gasteiger partial charge on any atom is -0.465 e. The molecule has 2 heterocycles. The number of nitrogens with one attached hydrogen (secondary N) is 2. The number of hydrazine groups is 1. The minimum absolute atomic E-state index is 0.198. The second-order valence-corrected chi connectivity index (χ2v) is 3.13. The van der Waals surface area contributed by atoms with Crippen LogP contribution in [-0.4, -0.2) is 23.6 Å². The van der Waals surface area contributed by atoms with E-state index in [-0.39, 0.29) is 12.0 Å². The van der Waals surface area contributed by atoms with Crippen LogP contribution in [0.25, 0.3) is 0 Å². The van der Waals surface area contributed by atoms with Gasteiger partial charge in [0.15, 0.2) is 0 Å². The molecule has 0 radical (unpaired) electrons. The van der Waals surface area contributed by atoms with Crippen LogP contribution in [0.5, 0.6) is 0 Å². The zero-order valence-corrected chi connectivity index (χ0v) is 7.99. The summed E-state index contributed by atoms with van der Waals surface area (Å²) in [5.41, 5.74) is 4.09. The van der Waals surface area contributed by atoms with Gasteiger partial charge in [0.05, 0.1) is 12.3 Å². The van der Waals surface area contributed by atoms with E-state index in [9.17, 15) is 4.79 Å². The third-order valence-corrected chi connectivity index (χ3v) is 2.16. The van der Waals surface area contributed by atoms with E-state index in [1.165, 1.54) is 0 Å². The molecule has 0 aromatic carbocycles. The molecule has 2 rings (SSSR count). The van der Waals surface area contributed by atoms with Crippen molar-refractivity contribution >= 4 is 5.97 Å². The Kier molecular flexibility index (Phi) is 2.41. The first-order valence-electron chi connectivity index (χ1n) is 4.65. The number of nitrogens with zero attached hydrogens (tertiary/aromatic N) is 1. The fourth-order valence-electron chi connectivity index (χ4n) is 1.51. The van der Waals surface area contributed by atoms with Crippen LogP contribution in [0.3, 0.4) is 0 Å². The number of ether oxygens (including phenoxy) is 1. The van der Waals surface area contributed by atoms with Crippen LogP contribution < -0.4 is 10.7 Å². The van der Waals surface area contributed by atoms with Gasteiger partial charge in [-0.3, -0.25) is 9.80 Å². The van der Waals surface area contributed by atoms with Crippen molar-refractivity contribution in [3.63, 3.8) is 0 Å². The van der Waals surface area contributed by atoms with Gasteiger partial charge in [0.2, 0.25) is 0 Å². The van der Waals surface area contributed by atoms with Gasteiger partial charge in [-0.2, -0.15) is 0 Å². The van der Waals surface area contributed by atoms with Crippen LogP contribution >= 0.6 is 0 Å². The first-order chi connectivity index (χ1) is 6.81. The summed E-state index contributed by atoms with van der Waals surface area (Å²) in [5.74, 6) is -0.198. The zero-order valence-electron chi connectivity index (χ0n) is 7.99. The van der Waals surface area contributed by atoms with Crippen LogP contribution in [0, 0.1) is 0 Å². The summed E-state index contributed by atoms with van der Waals surface area (Å²) in [4.78, 5) is 11.4.